The minimum atomic E-state index is -0.166. The number of hydrogen-bond acceptors (Lipinski definition) is 1. The summed E-state index contributed by atoms with van der Waals surface area (Å²) in [6, 6.07) is 8.74. The summed E-state index contributed by atoms with van der Waals surface area (Å²) in [5.74, 6) is -0.166. The molecule has 2 aromatic rings. The number of nitrogens with zero attached hydrogens (tertiary/aromatic N) is 1. The molecule has 0 aliphatic heterocycles. The topological polar surface area (TPSA) is 30.9 Å². The zero-order valence-electron chi connectivity index (χ0n) is 8.36. The quantitative estimate of drug-likeness (QED) is 0.815. The summed E-state index contributed by atoms with van der Waals surface area (Å²) in [4.78, 5) is 0. The van der Waals surface area contributed by atoms with Gasteiger partial charge in [-0.25, -0.2) is 4.39 Å². The van der Waals surface area contributed by atoms with Gasteiger partial charge in [0.1, 0.15) is 5.82 Å². The summed E-state index contributed by atoms with van der Waals surface area (Å²) < 4.78 is 15.3. The van der Waals surface area contributed by atoms with Crippen molar-refractivity contribution in [2.45, 2.75) is 13.1 Å². The van der Waals surface area contributed by atoms with Crippen LogP contribution >= 0.6 is 0 Å². The van der Waals surface area contributed by atoms with E-state index in [1.54, 1.807) is 12.1 Å². The lowest BCUT2D eigenvalue weighted by atomic mass is 10.2. The van der Waals surface area contributed by atoms with Crippen LogP contribution in [0.25, 0.3) is 0 Å². The first kappa shape index (κ1) is 9.93. The fourth-order valence-electron chi connectivity index (χ4n) is 1.53. The summed E-state index contributed by atoms with van der Waals surface area (Å²) in [5, 5.41) is 0. The van der Waals surface area contributed by atoms with Gasteiger partial charge < -0.3 is 10.3 Å². The maximum absolute atomic E-state index is 13.3. The van der Waals surface area contributed by atoms with Crippen LogP contribution in [0, 0.1) is 5.82 Å². The van der Waals surface area contributed by atoms with Gasteiger partial charge in [-0.3, -0.25) is 0 Å². The van der Waals surface area contributed by atoms with Gasteiger partial charge in [0.25, 0.3) is 0 Å². The van der Waals surface area contributed by atoms with Crippen molar-refractivity contribution in [3.63, 3.8) is 0 Å². The average molecular weight is 204 g/mol. The van der Waals surface area contributed by atoms with Crippen LogP contribution in [-0.2, 0) is 13.1 Å². The number of hydrogen-bond donors (Lipinski definition) is 1. The van der Waals surface area contributed by atoms with Gasteiger partial charge in [0, 0.05) is 31.0 Å². The number of aromatic nitrogens is 1. The molecule has 2 N–H and O–H groups in total. The van der Waals surface area contributed by atoms with Crippen molar-refractivity contribution in [1.29, 1.82) is 0 Å². The second-order valence-electron chi connectivity index (χ2n) is 3.49. The van der Waals surface area contributed by atoms with Gasteiger partial charge in [-0.05, 0) is 17.7 Å². The zero-order chi connectivity index (χ0) is 10.7. The zero-order valence-corrected chi connectivity index (χ0v) is 8.36. The summed E-state index contributed by atoms with van der Waals surface area (Å²) >= 11 is 0. The minimum Gasteiger partial charge on any atom is -0.349 e. The van der Waals surface area contributed by atoms with Gasteiger partial charge >= 0.3 is 0 Å². The van der Waals surface area contributed by atoms with Crippen molar-refractivity contribution in [1.82, 2.24) is 4.57 Å². The molecule has 0 aliphatic rings. The van der Waals surface area contributed by atoms with Crippen molar-refractivity contribution >= 4 is 0 Å². The molecule has 1 aromatic heterocycles. The summed E-state index contributed by atoms with van der Waals surface area (Å²) in [6.07, 6.45) is 3.85. The van der Waals surface area contributed by atoms with Crippen LogP contribution in [0.1, 0.15) is 11.1 Å². The number of rotatable bonds is 3. The molecule has 78 valence electrons. The van der Waals surface area contributed by atoms with Crippen molar-refractivity contribution < 1.29 is 4.39 Å². The molecule has 0 aliphatic carbocycles. The molecule has 0 radical (unpaired) electrons. The first-order valence-electron chi connectivity index (χ1n) is 4.87. The Kier molecular flexibility index (Phi) is 2.83. The predicted octanol–water partition coefficient (Wildman–Crippen LogP) is 2.13. The Morgan fingerprint density at radius 1 is 1.20 bits per heavy atom. The average Bonchev–Trinajstić information content (AvgIpc) is 2.69. The third-order valence-electron chi connectivity index (χ3n) is 2.36. The third kappa shape index (κ3) is 2.25. The number of nitrogens with two attached hydrogens (primary N) is 1. The molecule has 0 saturated carbocycles. The lowest BCUT2D eigenvalue weighted by Gasteiger charge is -2.03. The lowest BCUT2D eigenvalue weighted by Crippen LogP contribution is -1.99. The van der Waals surface area contributed by atoms with Gasteiger partial charge in [0.15, 0.2) is 0 Å². The first-order chi connectivity index (χ1) is 7.29. The maximum Gasteiger partial charge on any atom is 0.128 e. The Balaban J connectivity index is 2.18. The van der Waals surface area contributed by atoms with Gasteiger partial charge in [-0.15, -0.1) is 0 Å². The monoisotopic (exact) mass is 204 g/mol. The Morgan fingerprint density at radius 2 is 2.00 bits per heavy atom. The van der Waals surface area contributed by atoms with Gasteiger partial charge in [0.05, 0.1) is 0 Å². The van der Waals surface area contributed by atoms with Gasteiger partial charge in [0.2, 0.25) is 0 Å². The highest BCUT2D eigenvalue weighted by atomic mass is 19.1. The molecule has 0 atom stereocenters. The van der Waals surface area contributed by atoms with Crippen LogP contribution < -0.4 is 5.73 Å². The highest BCUT2D eigenvalue weighted by Crippen LogP contribution is 2.09. The molecular formula is C12H13FN2. The van der Waals surface area contributed by atoms with Crippen LogP contribution in [0.15, 0.2) is 42.7 Å². The van der Waals surface area contributed by atoms with Crippen LogP contribution in [-0.4, -0.2) is 4.57 Å². The SMILES string of the molecule is NCc1ccn(Cc2ccccc2F)c1. The van der Waals surface area contributed by atoms with E-state index < -0.39 is 0 Å². The van der Waals surface area contributed by atoms with Crippen LogP contribution in [0.5, 0.6) is 0 Å². The Labute approximate surface area is 88.1 Å². The van der Waals surface area contributed by atoms with Crippen LogP contribution in [0.2, 0.25) is 0 Å². The number of halogens is 1. The van der Waals surface area contributed by atoms with Crippen LogP contribution in [0.3, 0.4) is 0 Å². The molecule has 15 heavy (non-hydrogen) atoms. The molecule has 1 aromatic carbocycles. The molecule has 0 bridgehead atoms. The molecule has 3 heteroatoms. The van der Waals surface area contributed by atoms with Crippen molar-refractivity contribution in [2.75, 3.05) is 0 Å². The fraction of sp³-hybridized carbons (Fsp3) is 0.167. The van der Waals surface area contributed by atoms with E-state index >= 15 is 0 Å². The molecule has 0 spiro atoms. The molecule has 0 unspecified atom stereocenters. The molecule has 1 heterocycles. The third-order valence-corrected chi connectivity index (χ3v) is 2.36. The Morgan fingerprint density at radius 3 is 2.67 bits per heavy atom. The second-order valence-corrected chi connectivity index (χ2v) is 3.49. The van der Waals surface area contributed by atoms with Crippen molar-refractivity contribution in [2.24, 2.45) is 5.73 Å². The van der Waals surface area contributed by atoms with E-state index in [2.05, 4.69) is 0 Å². The van der Waals surface area contributed by atoms with E-state index in [1.165, 1.54) is 6.07 Å². The molecule has 0 saturated heterocycles. The first-order valence-corrected chi connectivity index (χ1v) is 4.87. The molecule has 0 amide bonds. The van der Waals surface area contributed by atoms with E-state index in [0.717, 1.165) is 5.56 Å². The maximum atomic E-state index is 13.3. The summed E-state index contributed by atoms with van der Waals surface area (Å²) in [5.41, 5.74) is 7.25. The van der Waals surface area contributed by atoms with E-state index in [9.17, 15) is 4.39 Å². The summed E-state index contributed by atoms with van der Waals surface area (Å²) in [6.45, 7) is 1.07. The second kappa shape index (κ2) is 4.28. The van der Waals surface area contributed by atoms with E-state index in [0.29, 0.717) is 18.7 Å². The van der Waals surface area contributed by atoms with E-state index in [-0.39, 0.29) is 5.82 Å². The normalized spacial score (nSPS) is 10.5. The van der Waals surface area contributed by atoms with Gasteiger partial charge in [-0.1, -0.05) is 18.2 Å². The molecule has 2 nitrogen and oxygen atoms in total. The fourth-order valence-corrected chi connectivity index (χ4v) is 1.53. The van der Waals surface area contributed by atoms with E-state index in [4.69, 9.17) is 5.73 Å². The van der Waals surface area contributed by atoms with Crippen LogP contribution in [0.4, 0.5) is 4.39 Å². The van der Waals surface area contributed by atoms with Gasteiger partial charge in [-0.2, -0.15) is 0 Å². The predicted molar refractivity (Wildman–Crippen MR) is 57.8 cm³/mol. The minimum absolute atomic E-state index is 0.166. The number of benzene rings is 1. The molecule has 0 fully saturated rings. The molecule has 2 rings (SSSR count). The van der Waals surface area contributed by atoms with E-state index in [1.807, 2.05) is 29.1 Å². The summed E-state index contributed by atoms with van der Waals surface area (Å²) in [7, 11) is 0. The molecular weight excluding hydrogens is 191 g/mol. The largest absolute Gasteiger partial charge is 0.349 e. The Bertz CT molecular complexity index is 448. The lowest BCUT2D eigenvalue weighted by molar-refractivity contribution is 0.600. The highest BCUT2D eigenvalue weighted by molar-refractivity contribution is 5.19. The Hall–Kier alpha value is -1.61. The smallest absolute Gasteiger partial charge is 0.128 e. The standard InChI is InChI=1S/C12H13FN2/c13-12-4-2-1-3-11(12)9-15-6-5-10(7-14)8-15/h1-6,8H,7,9,14H2. The van der Waals surface area contributed by atoms with Crippen molar-refractivity contribution in [3.8, 4) is 0 Å². The van der Waals surface area contributed by atoms with Crippen molar-refractivity contribution in [3.05, 3.63) is 59.7 Å². The highest BCUT2D eigenvalue weighted by Gasteiger charge is 2.01.